The molecule has 4 rings (SSSR count). The molecule has 1 aromatic heterocycles. The first-order chi connectivity index (χ1) is 9.33. The van der Waals surface area contributed by atoms with Crippen LogP contribution < -0.4 is 0 Å². The first-order valence-electron chi connectivity index (χ1n) is 6.35. The highest BCUT2D eigenvalue weighted by molar-refractivity contribution is 6.10. The number of ketones is 1. The zero-order valence-corrected chi connectivity index (χ0v) is 10.3. The number of carbonyl (C=O) groups excluding carboxylic acids is 1. The molecule has 0 fully saturated rings. The molecule has 3 aromatic rings. The summed E-state index contributed by atoms with van der Waals surface area (Å²) in [5, 5.41) is 3.34. The number of Topliss-reactive ketones (excluding diaryl/α,β-unsaturated/α-hetero) is 1. The van der Waals surface area contributed by atoms with Crippen molar-refractivity contribution < 1.29 is 4.79 Å². The topological polar surface area (TPSA) is 30.0 Å². The maximum absolute atomic E-state index is 11.9. The van der Waals surface area contributed by atoms with Gasteiger partial charge in [-0.15, -0.1) is 0 Å². The SMILES string of the molecule is O=C1CC=Cc2nc3c(ccc4ccccc43)cc21. The molecule has 0 saturated heterocycles. The maximum Gasteiger partial charge on any atom is 0.168 e. The van der Waals surface area contributed by atoms with E-state index in [2.05, 4.69) is 23.2 Å². The summed E-state index contributed by atoms with van der Waals surface area (Å²) >= 11 is 0. The van der Waals surface area contributed by atoms with Crippen LogP contribution >= 0.6 is 0 Å². The fourth-order valence-corrected chi connectivity index (χ4v) is 2.66. The van der Waals surface area contributed by atoms with Crippen molar-refractivity contribution in [3.63, 3.8) is 0 Å². The van der Waals surface area contributed by atoms with E-state index < -0.39 is 0 Å². The number of carbonyl (C=O) groups is 1. The van der Waals surface area contributed by atoms with Gasteiger partial charge in [-0.05, 0) is 17.5 Å². The molecule has 1 aliphatic rings. The second-order valence-electron chi connectivity index (χ2n) is 4.81. The van der Waals surface area contributed by atoms with E-state index in [1.165, 1.54) is 5.39 Å². The molecule has 0 spiro atoms. The van der Waals surface area contributed by atoms with E-state index in [9.17, 15) is 4.79 Å². The van der Waals surface area contributed by atoms with E-state index in [-0.39, 0.29) is 5.78 Å². The van der Waals surface area contributed by atoms with Crippen molar-refractivity contribution in [3.05, 3.63) is 59.8 Å². The quantitative estimate of drug-likeness (QED) is 0.560. The number of rotatable bonds is 0. The molecular weight excluding hydrogens is 234 g/mol. The minimum absolute atomic E-state index is 0.153. The van der Waals surface area contributed by atoms with E-state index >= 15 is 0 Å². The van der Waals surface area contributed by atoms with E-state index in [0.717, 1.165) is 27.5 Å². The molecule has 0 N–H and O–H groups in total. The molecule has 2 nitrogen and oxygen atoms in total. The first kappa shape index (κ1) is 10.4. The van der Waals surface area contributed by atoms with Gasteiger partial charge in [0, 0.05) is 22.8 Å². The van der Waals surface area contributed by atoms with Gasteiger partial charge in [0.05, 0.1) is 11.2 Å². The lowest BCUT2D eigenvalue weighted by atomic mass is 9.97. The Hall–Kier alpha value is -2.48. The fraction of sp³-hybridized carbons (Fsp3) is 0.0588. The van der Waals surface area contributed by atoms with Crippen LogP contribution in [0.4, 0.5) is 0 Å². The molecule has 0 bridgehead atoms. The lowest BCUT2D eigenvalue weighted by Gasteiger charge is -2.11. The third kappa shape index (κ3) is 1.50. The normalized spacial score (nSPS) is 14.0. The zero-order chi connectivity index (χ0) is 12.8. The third-order valence-corrected chi connectivity index (χ3v) is 3.62. The summed E-state index contributed by atoms with van der Waals surface area (Å²) < 4.78 is 0. The van der Waals surface area contributed by atoms with Gasteiger partial charge in [-0.25, -0.2) is 4.98 Å². The van der Waals surface area contributed by atoms with Crippen LogP contribution in [0, 0.1) is 0 Å². The Kier molecular flexibility index (Phi) is 2.06. The standard InChI is InChI=1S/C17H11NO/c19-16-7-3-6-15-14(16)10-12-9-8-11-4-1-2-5-13(11)17(12)18-15/h1-6,8-10H,7H2. The first-order valence-corrected chi connectivity index (χ1v) is 6.35. The van der Waals surface area contributed by atoms with Crippen LogP contribution in [-0.4, -0.2) is 10.8 Å². The Balaban J connectivity index is 2.17. The molecule has 0 unspecified atom stereocenters. The summed E-state index contributed by atoms with van der Waals surface area (Å²) in [7, 11) is 0. The molecular formula is C17H11NO. The number of allylic oxidation sites excluding steroid dienone is 1. The largest absolute Gasteiger partial charge is 0.294 e. The number of nitrogens with zero attached hydrogens (tertiary/aromatic N) is 1. The van der Waals surface area contributed by atoms with Gasteiger partial charge in [0.15, 0.2) is 5.78 Å². The number of hydrogen-bond donors (Lipinski definition) is 0. The highest BCUT2D eigenvalue weighted by atomic mass is 16.1. The average molecular weight is 245 g/mol. The Labute approximate surface area is 110 Å². The summed E-state index contributed by atoms with van der Waals surface area (Å²) in [4.78, 5) is 16.6. The Morgan fingerprint density at radius 1 is 1.00 bits per heavy atom. The minimum atomic E-state index is 0.153. The van der Waals surface area contributed by atoms with Crippen molar-refractivity contribution in [1.29, 1.82) is 0 Å². The predicted octanol–water partition coefficient (Wildman–Crippen LogP) is 3.99. The van der Waals surface area contributed by atoms with Gasteiger partial charge in [0.25, 0.3) is 0 Å². The Bertz CT molecular complexity index is 862. The van der Waals surface area contributed by atoms with Crippen LogP contribution in [0.2, 0.25) is 0 Å². The lowest BCUT2D eigenvalue weighted by Crippen LogP contribution is -2.06. The summed E-state index contributed by atoms with van der Waals surface area (Å²) in [6.07, 6.45) is 4.31. The van der Waals surface area contributed by atoms with Gasteiger partial charge in [0.1, 0.15) is 0 Å². The summed E-state index contributed by atoms with van der Waals surface area (Å²) in [5.74, 6) is 0.153. The maximum atomic E-state index is 11.9. The van der Waals surface area contributed by atoms with Crippen molar-refractivity contribution in [2.45, 2.75) is 6.42 Å². The molecule has 19 heavy (non-hydrogen) atoms. The van der Waals surface area contributed by atoms with Crippen molar-refractivity contribution in [1.82, 2.24) is 4.98 Å². The molecule has 0 saturated carbocycles. The van der Waals surface area contributed by atoms with Crippen LogP contribution in [0.25, 0.3) is 27.8 Å². The smallest absolute Gasteiger partial charge is 0.168 e. The minimum Gasteiger partial charge on any atom is -0.294 e. The molecule has 0 aliphatic heterocycles. The van der Waals surface area contributed by atoms with E-state index in [1.54, 1.807) is 0 Å². The second kappa shape index (κ2) is 3.75. The van der Waals surface area contributed by atoms with Gasteiger partial charge in [-0.2, -0.15) is 0 Å². The molecule has 0 amide bonds. The monoisotopic (exact) mass is 245 g/mol. The molecule has 2 heteroatoms. The zero-order valence-electron chi connectivity index (χ0n) is 10.3. The van der Waals surface area contributed by atoms with Crippen molar-refractivity contribution in [2.75, 3.05) is 0 Å². The van der Waals surface area contributed by atoms with Crippen molar-refractivity contribution >= 4 is 33.5 Å². The average Bonchev–Trinajstić information content (AvgIpc) is 2.46. The molecule has 0 atom stereocenters. The van der Waals surface area contributed by atoms with E-state index in [1.807, 2.05) is 36.4 Å². The molecule has 90 valence electrons. The van der Waals surface area contributed by atoms with Crippen LogP contribution in [-0.2, 0) is 0 Å². The van der Waals surface area contributed by atoms with Crippen molar-refractivity contribution in [2.24, 2.45) is 0 Å². The van der Waals surface area contributed by atoms with Gasteiger partial charge < -0.3 is 0 Å². The third-order valence-electron chi connectivity index (χ3n) is 3.62. The van der Waals surface area contributed by atoms with Crippen LogP contribution in [0.3, 0.4) is 0 Å². The molecule has 0 radical (unpaired) electrons. The number of aromatic nitrogens is 1. The van der Waals surface area contributed by atoms with Gasteiger partial charge in [-0.1, -0.05) is 42.5 Å². The van der Waals surface area contributed by atoms with E-state index in [4.69, 9.17) is 0 Å². The van der Waals surface area contributed by atoms with Crippen LogP contribution in [0.5, 0.6) is 0 Å². The highest BCUT2D eigenvalue weighted by Gasteiger charge is 2.15. The highest BCUT2D eigenvalue weighted by Crippen LogP contribution is 2.28. The summed E-state index contributed by atoms with van der Waals surface area (Å²) in [6.45, 7) is 0. The molecule has 1 heterocycles. The predicted molar refractivity (Wildman–Crippen MR) is 77.2 cm³/mol. The molecule has 2 aromatic carbocycles. The van der Waals surface area contributed by atoms with Gasteiger partial charge >= 0.3 is 0 Å². The Morgan fingerprint density at radius 3 is 2.79 bits per heavy atom. The van der Waals surface area contributed by atoms with Gasteiger partial charge in [-0.3, -0.25) is 4.79 Å². The van der Waals surface area contributed by atoms with Crippen LogP contribution in [0.1, 0.15) is 22.5 Å². The lowest BCUT2D eigenvalue weighted by molar-refractivity contribution is 0.0994. The molecule has 1 aliphatic carbocycles. The van der Waals surface area contributed by atoms with Gasteiger partial charge in [0.2, 0.25) is 0 Å². The number of hydrogen-bond acceptors (Lipinski definition) is 2. The summed E-state index contributed by atoms with van der Waals surface area (Å²) in [5.41, 5.74) is 2.50. The number of fused-ring (bicyclic) bond motifs is 4. The Morgan fingerprint density at radius 2 is 1.84 bits per heavy atom. The van der Waals surface area contributed by atoms with Crippen molar-refractivity contribution in [3.8, 4) is 0 Å². The summed E-state index contributed by atoms with van der Waals surface area (Å²) in [6, 6.07) is 14.3. The fourth-order valence-electron chi connectivity index (χ4n) is 2.66. The number of pyridine rings is 1. The second-order valence-corrected chi connectivity index (χ2v) is 4.81. The van der Waals surface area contributed by atoms with Crippen LogP contribution in [0.15, 0.2) is 48.5 Å². The van der Waals surface area contributed by atoms with E-state index in [0.29, 0.717) is 6.42 Å². The number of benzene rings is 2.